The van der Waals surface area contributed by atoms with Crippen molar-refractivity contribution in [3.8, 4) is 0 Å². The molecule has 1 N–H and O–H groups in total. The number of carbonyl (C=O) groups excluding carboxylic acids is 1. The van der Waals surface area contributed by atoms with Gasteiger partial charge < -0.3 is 10.2 Å². The number of nitrogens with one attached hydrogen (secondary N) is 1. The van der Waals surface area contributed by atoms with Crippen LogP contribution < -0.4 is 5.32 Å². The molecule has 1 amide bonds. The minimum Gasteiger partial charge on any atom is -0.383 e. The lowest BCUT2D eigenvalue weighted by molar-refractivity contribution is -0.110. The van der Waals surface area contributed by atoms with E-state index in [1.807, 2.05) is 31.1 Å². The van der Waals surface area contributed by atoms with E-state index >= 15 is 0 Å². The van der Waals surface area contributed by atoms with Gasteiger partial charge in [0.1, 0.15) is 5.82 Å². The fourth-order valence-corrected chi connectivity index (χ4v) is 1.41. The maximum Gasteiger partial charge on any atom is 0.259 e. The Hall–Kier alpha value is -1.84. The molecule has 14 heavy (non-hydrogen) atoms. The van der Waals surface area contributed by atoms with E-state index in [1.165, 1.54) is 0 Å². The predicted octanol–water partition coefficient (Wildman–Crippen LogP) is 0.936. The average Bonchev–Trinajstić information content (AvgIpc) is 2.43. The molecule has 0 atom stereocenters. The minimum atomic E-state index is -0.0904. The van der Waals surface area contributed by atoms with Crippen LogP contribution in [0.3, 0.4) is 0 Å². The molecule has 1 aromatic rings. The standard InChI is InChI=1S/C10H11N3O/c1-13(2)6-8-7-4-3-5-11-9(7)12-10(8)14/h3-6H,1-2H3,(H,11,12,14)/b8-6-. The number of nitrogens with zero attached hydrogens (tertiary/aromatic N) is 2. The van der Waals surface area contributed by atoms with Gasteiger partial charge in [-0.1, -0.05) is 0 Å². The van der Waals surface area contributed by atoms with Crippen LogP contribution in [0.1, 0.15) is 5.56 Å². The highest BCUT2D eigenvalue weighted by Gasteiger charge is 2.24. The molecule has 4 heteroatoms. The number of aromatic nitrogens is 1. The van der Waals surface area contributed by atoms with Gasteiger partial charge in [-0.2, -0.15) is 0 Å². The average molecular weight is 189 g/mol. The monoisotopic (exact) mass is 189 g/mol. The van der Waals surface area contributed by atoms with Crippen LogP contribution in [-0.2, 0) is 4.79 Å². The molecule has 4 nitrogen and oxygen atoms in total. The topological polar surface area (TPSA) is 45.2 Å². The molecule has 0 bridgehead atoms. The molecule has 0 aromatic carbocycles. The fraction of sp³-hybridized carbons (Fsp3) is 0.200. The first-order chi connectivity index (χ1) is 6.68. The summed E-state index contributed by atoms with van der Waals surface area (Å²) in [5, 5.41) is 2.71. The van der Waals surface area contributed by atoms with Gasteiger partial charge in [0.15, 0.2) is 0 Å². The predicted molar refractivity (Wildman–Crippen MR) is 54.5 cm³/mol. The maximum absolute atomic E-state index is 11.5. The summed E-state index contributed by atoms with van der Waals surface area (Å²) in [6.07, 6.45) is 3.46. The third-order valence-corrected chi connectivity index (χ3v) is 1.96. The van der Waals surface area contributed by atoms with E-state index in [0.29, 0.717) is 11.4 Å². The van der Waals surface area contributed by atoms with Gasteiger partial charge >= 0.3 is 0 Å². The zero-order valence-corrected chi connectivity index (χ0v) is 8.11. The van der Waals surface area contributed by atoms with Crippen molar-refractivity contribution in [1.82, 2.24) is 9.88 Å². The number of pyridine rings is 1. The molecule has 0 spiro atoms. The summed E-state index contributed by atoms with van der Waals surface area (Å²) >= 11 is 0. The Morgan fingerprint density at radius 3 is 3.00 bits per heavy atom. The molecular weight excluding hydrogens is 178 g/mol. The second kappa shape index (κ2) is 3.14. The quantitative estimate of drug-likeness (QED) is 0.668. The number of rotatable bonds is 1. The highest BCUT2D eigenvalue weighted by atomic mass is 16.2. The first kappa shape index (κ1) is 8.74. The number of hydrogen-bond donors (Lipinski definition) is 1. The van der Waals surface area contributed by atoms with Gasteiger partial charge in [-0.25, -0.2) is 4.98 Å². The van der Waals surface area contributed by atoms with Crippen LogP contribution >= 0.6 is 0 Å². The van der Waals surface area contributed by atoms with Gasteiger partial charge in [-0.15, -0.1) is 0 Å². The summed E-state index contributed by atoms with van der Waals surface area (Å²) in [6.45, 7) is 0. The number of hydrogen-bond acceptors (Lipinski definition) is 3. The van der Waals surface area contributed by atoms with E-state index in [2.05, 4.69) is 10.3 Å². The van der Waals surface area contributed by atoms with Gasteiger partial charge in [0.2, 0.25) is 0 Å². The van der Waals surface area contributed by atoms with Crippen LogP contribution in [0.15, 0.2) is 24.5 Å². The fourth-order valence-electron chi connectivity index (χ4n) is 1.41. The summed E-state index contributed by atoms with van der Waals surface area (Å²) in [4.78, 5) is 17.4. The van der Waals surface area contributed by atoms with Gasteiger partial charge in [-0.05, 0) is 12.1 Å². The Morgan fingerprint density at radius 2 is 2.29 bits per heavy atom. The molecule has 2 rings (SSSR count). The van der Waals surface area contributed by atoms with Crippen LogP contribution in [0, 0.1) is 0 Å². The van der Waals surface area contributed by atoms with Crippen molar-refractivity contribution in [2.45, 2.75) is 0 Å². The van der Waals surface area contributed by atoms with Crippen LogP contribution in [-0.4, -0.2) is 29.9 Å². The van der Waals surface area contributed by atoms with Crippen LogP contribution in [0.4, 0.5) is 5.82 Å². The normalized spacial score (nSPS) is 16.7. The van der Waals surface area contributed by atoms with Crippen molar-refractivity contribution in [2.75, 3.05) is 19.4 Å². The first-order valence-electron chi connectivity index (χ1n) is 4.33. The Balaban J connectivity index is 2.50. The van der Waals surface area contributed by atoms with E-state index < -0.39 is 0 Å². The van der Waals surface area contributed by atoms with E-state index in [9.17, 15) is 4.79 Å². The summed E-state index contributed by atoms with van der Waals surface area (Å²) in [6, 6.07) is 3.71. The molecule has 1 aromatic heterocycles. The summed E-state index contributed by atoms with van der Waals surface area (Å²) in [5.74, 6) is 0.554. The number of anilines is 1. The van der Waals surface area contributed by atoms with Crippen molar-refractivity contribution < 1.29 is 4.79 Å². The second-order valence-electron chi connectivity index (χ2n) is 3.36. The van der Waals surface area contributed by atoms with Crippen molar-refractivity contribution in [1.29, 1.82) is 0 Å². The minimum absolute atomic E-state index is 0.0904. The molecule has 1 aliphatic rings. The Labute approximate surface area is 82.3 Å². The molecule has 0 saturated heterocycles. The lowest BCUT2D eigenvalue weighted by atomic mass is 10.1. The summed E-state index contributed by atoms with van der Waals surface area (Å²) in [5.41, 5.74) is 1.53. The zero-order chi connectivity index (χ0) is 10.1. The third kappa shape index (κ3) is 1.35. The van der Waals surface area contributed by atoms with E-state index in [1.54, 1.807) is 12.4 Å². The van der Waals surface area contributed by atoms with Crippen molar-refractivity contribution in [3.05, 3.63) is 30.1 Å². The summed E-state index contributed by atoms with van der Waals surface area (Å²) < 4.78 is 0. The molecule has 0 unspecified atom stereocenters. The van der Waals surface area contributed by atoms with E-state index in [0.717, 1.165) is 5.56 Å². The van der Waals surface area contributed by atoms with Crippen LogP contribution in [0.2, 0.25) is 0 Å². The third-order valence-electron chi connectivity index (χ3n) is 1.96. The van der Waals surface area contributed by atoms with Crippen molar-refractivity contribution in [3.63, 3.8) is 0 Å². The maximum atomic E-state index is 11.5. The molecular formula is C10H11N3O. The molecule has 0 aliphatic carbocycles. The molecule has 0 saturated carbocycles. The molecule has 0 fully saturated rings. The van der Waals surface area contributed by atoms with Gasteiger partial charge in [0, 0.05) is 32.1 Å². The highest BCUT2D eigenvalue weighted by molar-refractivity contribution is 6.30. The molecule has 1 aliphatic heterocycles. The number of carbonyl (C=O) groups is 1. The van der Waals surface area contributed by atoms with E-state index in [4.69, 9.17) is 0 Å². The molecule has 0 radical (unpaired) electrons. The largest absolute Gasteiger partial charge is 0.383 e. The molecule has 72 valence electrons. The van der Waals surface area contributed by atoms with Gasteiger partial charge in [0.25, 0.3) is 5.91 Å². The van der Waals surface area contributed by atoms with Crippen LogP contribution in [0.5, 0.6) is 0 Å². The number of amides is 1. The zero-order valence-electron chi connectivity index (χ0n) is 8.11. The Morgan fingerprint density at radius 1 is 1.50 bits per heavy atom. The SMILES string of the molecule is CN(C)/C=C1\C(=O)Nc2ncccc21. The lowest BCUT2D eigenvalue weighted by Crippen LogP contribution is -2.08. The number of fused-ring (bicyclic) bond motifs is 1. The van der Waals surface area contributed by atoms with Crippen LogP contribution in [0.25, 0.3) is 5.57 Å². The van der Waals surface area contributed by atoms with Crippen molar-refractivity contribution in [2.24, 2.45) is 0 Å². The van der Waals surface area contributed by atoms with Gasteiger partial charge in [-0.3, -0.25) is 4.79 Å². The van der Waals surface area contributed by atoms with Crippen molar-refractivity contribution >= 4 is 17.3 Å². The Bertz CT molecular complexity index is 410. The van der Waals surface area contributed by atoms with Gasteiger partial charge in [0.05, 0.1) is 5.57 Å². The lowest BCUT2D eigenvalue weighted by Gasteiger charge is -2.05. The first-order valence-corrected chi connectivity index (χ1v) is 4.33. The summed E-state index contributed by atoms with van der Waals surface area (Å²) in [7, 11) is 3.77. The van der Waals surface area contributed by atoms with E-state index in [-0.39, 0.29) is 5.91 Å². The highest BCUT2D eigenvalue weighted by Crippen LogP contribution is 2.28. The Kier molecular flexibility index (Phi) is 1.96. The second-order valence-corrected chi connectivity index (χ2v) is 3.36. The smallest absolute Gasteiger partial charge is 0.259 e. The molecule has 2 heterocycles.